The van der Waals surface area contributed by atoms with Crippen LogP contribution >= 0.6 is 0 Å². The molecule has 1 aromatic carbocycles. The van der Waals surface area contributed by atoms with Gasteiger partial charge in [0.1, 0.15) is 6.61 Å². The van der Waals surface area contributed by atoms with E-state index in [1.807, 2.05) is 30.3 Å². The third kappa shape index (κ3) is 3.90. The Morgan fingerprint density at radius 3 is 2.42 bits per heavy atom. The number of hydrogen-bond donors (Lipinski definition) is 0. The van der Waals surface area contributed by atoms with Crippen molar-refractivity contribution in [1.29, 1.82) is 0 Å². The highest BCUT2D eigenvalue weighted by atomic mass is 28.1. The van der Waals surface area contributed by atoms with Gasteiger partial charge in [-0.1, -0.05) is 30.3 Å². The number of carbonyl (C=O) groups is 1. The molecule has 0 amide bonds. The lowest BCUT2D eigenvalue weighted by atomic mass is 10.2. The summed E-state index contributed by atoms with van der Waals surface area (Å²) in [6, 6.07) is 9.51. The minimum atomic E-state index is -0.436. The first-order chi connectivity index (χ1) is 5.29. The normalized spacial score (nSPS) is 8.42. The van der Waals surface area contributed by atoms with Gasteiger partial charge in [0.05, 0.1) is 0 Å². The smallest absolute Gasteiger partial charge is 0.264 e. The predicted molar refractivity (Wildman–Crippen MR) is 43.1 cm³/mol. The van der Waals surface area contributed by atoms with Gasteiger partial charge in [0, 0.05) is 5.48 Å². The summed E-state index contributed by atoms with van der Waals surface area (Å²) in [6.07, 6.45) is 0. The van der Waals surface area contributed by atoms with E-state index in [0.29, 0.717) is 6.61 Å². The highest BCUT2D eigenvalue weighted by Gasteiger charge is 1.93. The molecule has 0 N–H and O–H groups in total. The molecule has 0 aliphatic carbocycles. The zero-order valence-electron chi connectivity index (χ0n) is 6.32. The summed E-state index contributed by atoms with van der Waals surface area (Å²) in [5.41, 5.74) is 0.549. The summed E-state index contributed by atoms with van der Waals surface area (Å²) < 4.78 is 4.70. The second-order valence-corrected chi connectivity index (χ2v) is 2.47. The average molecular weight is 179 g/mol. The zero-order valence-corrected chi connectivity index (χ0v) is 7.32. The van der Waals surface area contributed by atoms with Crippen LogP contribution in [0.1, 0.15) is 5.56 Å². The summed E-state index contributed by atoms with van der Waals surface area (Å²) in [5.74, 6) is 0. The Morgan fingerprint density at radius 1 is 1.33 bits per heavy atom. The summed E-state index contributed by atoms with van der Waals surface area (Å²) in [5, 5.41) is 0. The third-order valence-electron chi connectivity index (χ3n) is 1.21. The molecule has 0 heterocycles. The standard InChI is InChI=1S/C8H7O2Si.O/c9-8(11)10-6-7-4-2-1-3-5-7;/h1-5H,6H2;. The minimum Gasteiger partial charge on any atom is -0.466 e. The van der Waals surface area contributed by atoms with Gasteiger partial charge in [0.15, 0.2) is 10.2 Å². The Kier molecular flexibility index (Phi) is 4.99. The number of ether oxygens (including phenoxy) is 1. The van der Waals surface area contributed by atoms with Crippen LogP contribution in [0.25, 0.3) is 0 Å². The Bertz CT molecular complexity index is 235. The first kappa shape index (κ1) is 10.9. The maximum atomic E-state index is 10.3. The minimum absolute atomic E-state index is 0. The average Bonchev–Trinajstić information content (AvgIpc) is 2.03. The van der Waals surface area contributed by atoms with Crippen LogP contribution < -0.4 is 0 Å². The highest BCUT2D eigenvalue weighted by molar-refractivity contribution is 6.55. The van der Waals surface area contributed by atoms with E-state index in [9.17, 15) is 4.79 Å². The van der Waals surface area contributed by atoms with E-state index in [2.05, 4.69) is 10.2 Å². The SMILES string of the molecule is O=C([Si])OCc1ccccc1.[O]. The summed E-state index contributed by atoms with van der Waals surface area (Å²) in [7, 11) is 2.72. The lowest BCUT2D eigenvalue weighted by Crippen LogP contribution is -2.00. The second kappa shape index (κ2) is 5.51. The quantitative estimate of drug-likeness (QED) is 0.644. The van der Waals surface area contributed by atoms with Crippen molar-refractivity contribution in [2.45, 2.75) is 6.61 Å². The fraction of sp³-hybridized carbons (Fsp3) is 0.125. The van der Waals surface area contributed by atoms with Crippen molar-refractivity contribution < 1.29 is 15.0 Å². The van der Waals surface area contributed by atoms with Crippen LogP contribution in [0.5, 0.6) is 0 Å². The molecule has 0 saturated heterocycles. The van der Waals surface area contributed by atoms with Crippen molar-refractivity contribution >= 4 is 15.8 Å². The molecular weight excluding hydrogens is 172 g/mol. The van der Waals surface area contributed by atoms with E-state index in [0.717, 1.165) is 5.56 Å². The number of carbonyl (C=O) groups excluding carboxylic acids is 1. The fourth-order valence-corrected chi connectivity index (χ4v) is 0.795. The Morgan fingerprint density at radius 2 is 1.92 bits per heavy atom. The van der Waals surface area contributed by atoms with Crippen molar-refractivity contribution in [3.8, 4) is 0 Å². The van der Waals surface area contributed by atoms with Crippen LogP contribution in [0.4, 0.5) is 4.79 Å². The third-order valence-corrected chi connectivity index (χ3v) is 1.36. The maximum absolute atomic E-state index is 10.3. The van der Waals surface area contributed by atoms with Crippen LogP contribution in [0.2, 0.25) is 0 Å². The van der Waals surface area contributed by atoms with Gasteiger partial charge in [-0.15, -0.1) is 0 Å². The summed E-state index contributed by atoms with van der Waals surface area (Å²) in [4.78, 5) is 10.3. The van der Waals surface area contributed by atoms with Gasteiger partial charge < -0.3 is 4.74 Å². The van der Waals surface area contributed by atoms with Crippen molar-refractivity contribution in [2.24, 2.45) is 0 Å². The summed E-state index contributed by atoms with van der Waals surface area (Å²) in [6.45, 7) is 0.323. The molecule has 1 aromatic rings. The van der Waals surface area contributed by atoms with E-state index in [-0.39, 0.29) is 5.48 Å². The van der Waals surface area contributed by atoms with Gasteiger partial charge in [-0.2, -0.15) is 0 Å². The molecule has 0 saturated carbocycles. The van der Waals surface area contributed by atoms with E-state index >= 15 is 0 Å². The molecule has 61 valence electrons. The molecule has 0 atom stereocenters. The first-order valence-electron chi connectivity index (χ1n) is 3.21. The van der Waals surface area contributed by atoms with E-state index < -0.39 is 5.59 Å². The Balaban J connectivity index is 0.00000121. The molecule has 0 aliphatic rings. The topological polar surface area (TPSA) is 54.8 Å². The molecule has 0 bridgehead atoms. The number of benzene rings is 1. The highest BCUT2D eigenvalue weighted by Crippen LogP contribution is 1.99. The molecule has 12 heavy (non-hydrogen) atoms. The summed E-state index contributed by atoms with van der Waals surface area (Å²) >= 11 is 0. The molecule has 0 unspecified atom stereocenters. The molecular formula is C8H7O3Si. The zero-order chi connectivity index (χ0) is 8.10. The number of rotatable bonds is 2. The van der Waals surface area contributed by atoms with Crippen LogP contribution in [0.3, 0.4) is 0 Å². The monoisotopic (exact) mass is 179 g/mol. The van der Waals surface area contributed by atoms with E-state index in [4.69, 9.17) is 4.74 Å². The first-order valence-corrected chi connectivity index (χ1v) is 3.71. The fourth-order valence-electron chi connectivity index (χ4n) is 0.723. The van der Waals surface area contributed by atoms with Crippen LogP contribution in [-0.2, 0) is 16.8 Å². The molecule has 0 spiro atoms. The van der Waals surface area contributed by atoms with Crippen molar-refractivity contribution in [2.75, 3.05) is 0 Å². The molecule has 0 aliphatic heterocycles. The molecule has 5 radical (unpaired) electrons. The van der Waals surface area contributed by atoms with Gasteiger partial charge >= 0.3 is 0 Å². The van der Waals surface area contributed by atoms with Gasteiger partial charge in [-0.05, 0) is 5.56 Å². The van der Waals surface area contributed by atoms with Crippen molar-refractivity contribution in [3.63, 3.8) is 0 Å². The van der Waals surface area contributed by atoms with E-state index in [1.54, 1.807) is 0 Å². The van der Waals surface area contributed by atoms with E-state index in [1.165, 1.54) is 0 Å². The molecule has 0 aromatic heterocycles. The van der Waals surface area contributed by atoms with Gasteiger partial charge in [-0.25, -0.2) is 0 Å². The molecule has 3 nitrogen and oxygen atoms in total. The lowest BCUT2D eigenvalue weighted by molar-refractivity contribution is 0.167. The van der Waals surface area contributed by atoms with Crippen molar-refractivity contribution in [1.82, 2.24) is 0 Å². The van der Waals surface area contributed by atoms with Gasteiger partial charge in [0.25, 0.3) is 5.59 Å². The Hall–Kier alpha value is -1.13. The molecule has 4 heteroatoms. The van der Waals surface area contributed by atoms with Crippen LogP contribution in [0, 0.1) is 0 Å². The molecule has 0 fully saturated rings. The predicted octanol–water partition coefficient (Wildman–Crippen LogP) is 1.37. The second-order valence-electron chi connectivity index (χ2n) is 2.06. The van der Waals surface area contributed by atoms with Gasteiger partial charge in [0.2, 0.25) is 0 Å². The maximum Gasteiger partial charge on any atom is 0.264 e. The van der Waals surface area contributed by atoms with Gasteiger partial charge in [-0.3, -0.25) is 4.79 Å². The van der Waals surface area contributed by atoms with Crippen molar-refractivity contribution in [3.05, 3.63) is 35.9 Å². The Labute approximate surface area is 74.1 Å². The number of hydrogen-bond acceptors (Lipinski definition) is 2. The van der Waals surface area contributed by atoms with Crippen LogP contribution in [0.15, 0.2) is 30.3 Å². The molecule has 1 rings (SSSR count). The lowest BCUT2D eigenvalue weighted by Gasteiger charge is -2.00. The van der Waals surface area contributed by atoms with Crippen LogP contribution in [-0.4, -0.2) is 15.8 Å². The largest absolute Gasteiger partial charge is 0.466 e.